The van der Waals surface area contributed by atoms with Crippen molar-refractivity contribution in [1.82, 2.24) is 9.88 Å². The lowest BCUT2D eigenvalue weighted by Crippen LogP contribution is -2.61. The summed E-state index contributed by atoms with van der Waals surface area (Å²) in [6.45, 7) is 0.858. The number of sulfonamides is 1. The van der Waals surface area contributed by atoms with E-state index in [0.717, 1.165) is 28.6 Å². The largest absolute Gasteiger partial charge is 0.525 e. The highest BCUT2D eigenvalue weighted by Gasteiger charge is 2.45. The fourth-order valence-electron chi connectivity index (χ4n) is 5.46. The van der Waals surface area contributed by atoms with Gasteiger partial charge >= 0.3 is 18.5 Å². The maximum atomic E-state index is 15.0. The normalized spacial score (nSPS) is 22.8. The Bertz CT molecular complexity index is 1610. The minimum absolute atomic E-state index is 0.00609. The number of aliphatic carboxylic acids is 1. The average Bonchev–Trinajstić information content (AvgIpc) is 2.93. The molecule has 2 atom stereocenters. The molecule has 1 aliphatic carbocycles. The molecule has 9 nitrogen and oxygen atoms in total. The van der Waals surface area contributed by atoms with Crippen molar-refractivity contribution in [3.05, 3.63) is 65.9 Å². The molecule has 1 fully saturated rings. The second-order valence-electron chi connectivity index (χ2n) is 10.5. The molecule has 17 heteroatoms. The van der Waals surface area contributed by atoms with Crippen molar-refractivity contribution in [3.8, 4) is 0 Å². The molecule has 1 saturated heterocycles. The third-order valence-corrected chi connectivity index (χ3v) is 9.23. The van der Waals surface area contributed by atoms with Gasteiger partial charge in [0.15, 0.2) is 5.82 Å². The van der Waals surface area contributed by atoms with Crippen LogP contribution < -0.4 is 9.21 Å². The van der Waals surface area contributed by atoms with Crippen LogP contribution in [0.4, 0.5) is 42.2 Å². The molecule has 0 bridgehead atoms. The molecular weight excluding hydrogens is 625 g/mol. The lowest BCUT2D eigenvalue weighted by atomic mass is 9.94. The number of allylic oxidation sites excluding steroid dienone is 2. The van der Waals surface area contributed by atoms with Crippen molar-refractivity contribution in [1.29, 1.82) is 0 Å². The molecule has 238 valence electrons. The fraction of sp³-hybridized carbons (Fsp3) is 0.407. The molecule has 1 aromatic carbocycles. The number of aromatic nitrogens is 1. The Morgan fingerprint density at radius 3 is 2.55 bits per heavy atom. The molecule has 0 radical (unpaired) electrons. The lowest BCUT2D eigenvalue weighted by molar-refractivity contribution is -0.379. The number of benzene rings is 1. The Morgan fingerprint density at radius 1 is 1.11 bits per heavy atom. The molecule has 0 saturated carbocycles. The van der Waals surface area contributed by atoms with Crippen molar-refractivity contribution in [3.63, 3.8) is 0 Å². The second-order valence-corrected chi connectivity index (χ2v) is 12.3. The number of carboxylic acids is 1. The molecular formula is C27H25F7N4O5S. The van der Waals surface area contributed by atoms with E-state index in [1.54, 1.807) is 4.90 Å². The molecule has 5 rings (SSSR count). The summed E-state index contributed by atoms with van der Waals surface area (Å²) in [6.07, 6.45) is -6.98. The summed E-state index contributed by atoms with van der Waals surface area (Å²) in [4.78, 5) is 18.4. The number of anilines is 2. The average molecular weight is 651 g/mol. The summed E-state index contributed by atoms with van der Waals surface area (Å²) < 4.78 is 126. The van der Waals surface area contributed by atoms with Gasteiger partial charge < -0.3 is 10.0 Å². The topological polar surface area (TPSA) is 103 Å². The van der Waals surface area contributed by atoms with E-state index < -0.39 is 57.3 Å². The molecule has 1 aromatic heterocycles. The third-order valence-electron chi connectivity index (χ3n) is 7.45. The van der Waals surface area contributed by atoms with E-state index in [0.29, 0.717) is 25.2 Å². The molecule has 1 unspecified atom stereocenters. The van der Waals surface area contributed by atoms with Gasteiger partial charge in [-0.2, -0.15) is 13.2 Å². The Hall–Kier alpha value is -3.70. The molecule has 1 N–H and O–H groups in total. The van der Waals surface area contributed by atoms with Gasteiger partial charge in [-0.1, -0.05) is 18.2 Å². The smallest absolute Gasteiger partial charge is 0.481 e. The van der Waals surface area contributed by atoms with Crippen LogP contribution in [0.25, 0.3) is 5.57 Å². The van der Waals surface area contributed by atoms with E-state index in [2.05, 4.69) is 9.72 Å². The number of hydrogen-bond donors (Lipinski definition) is 1. The van der Waals surface area contributed by atoms with E-state index in [-0.39, 0.29) is 48.7 Å². The molecule has 3 aliphatic rings. The van der Waals surface area contributed by atoms with Crippen LogP contribution in [0.1, 0.15) is 24.0 Å². The van der Waals surface area contributed by atoms with Gasteiger partial charge in [0.05, 0.1) is 35.2 Å². The summed E-state index contributed by atoms with van der Waals surface area (Å²) >= 11 is 0. The first kappa shape index (κ1) is 31.7. The Balaban J connectivity index is 1.55. The summed E-state index contributed by atoms with van der Waals surface area (Å²) in [5, 5.41) is 9.07. The summed E-state index contributed by atoms with van der Waals surface area (Å²) in [6, 6.07) is 3.91. The Labute approximate surface area is 246 Å². The number of fused-ring (bicyclic) bond motifs is 3. The van der Waals surface area contributed by atoms with Crippen LogP contribution in [0.5, 0.6) is 0 Å². The highest BCUT2D eigenvalue weighted by Crippen LogP contribution is 2.43. The summed E-state index contributed by atoms with van der Waals surface area (Å²) in [7, 11) is -4.67. The Kier molecular flexibility index (Phi) is 8.17. The molecule has 3 heterocycles. The molecule has 2 aromatic rings. The van der Waals surface area contributed by atoms with E-state index >= 15 is 0 Å². The van der Waals surface area contributed by atoms with E-state index in [1.165, 1.54) is 18.3 Å². The number of carboxylic acid groups (broad SMARTS) is 1. The highest BCUT2D eigenvalue weighted by atomic mass is 32.2. The predicted octanol–water partition coefficient (Wildman–Crippen LogP) is 4.82. The van der Waals surface area contributed by atoms with Gasteiger partial charge in [-0.25, -0.2) is 17.8 Å². The van der Waals surface area contributed by atoms with Gasteiger partial charge in [0.1, 0.15) is 0 Å². The SMILES string of the molecule is O=C(O)CCN1CCN2c3ncc(C4=CC=CC(F)(OC(F)(F)F)C4)cc3N(S(=O)(=O)c3cccc(C(F)(F)F)c3)C[C@@H]2C1. The van der Waals surface area contributed by atoms with Gasteiger partial charge in [-0.15, -0.1) is 13.2 Å². The zero-order valence-corrected chi connectivity index (χ0v) is 23.5. The first-order chi connectivity index (χ1) is 20.5. The maximum Gasteiger partial charge on any atom is 0.525 e. The third kappa shape index (κ3) is 6.68. The minimum atomic E-state index is -5.28. The first-order valence-electron chi connectivity index (χ1n) is 13.2. The van der Waals surface area contributed by atoms with Crippen molar-refractivity contribution < 1.29 is 53.8 Å². The Morgan fingerprint density at radius 2 is 1.86 bits per heavy atom. The quantitative estimate of drug-likeness (QED) is 0.426. The number of halogens is 7. The molecule has 0 spiro atoms. The van der Waals surface area contributed by atoms with E-state index in [4.69, 9.17) is 5.11 Å². The summed E-state index contributed by atoms with van der Waals surface area (Å²) in [5.41, 5.74) is -1.17. The minimum Gasteiger partial charge on any atom is -0.481 e. The number of hydrogen-bond acceptors (Lipinski definition) is 7. The van der Waals surface area contributed by atoms with Crippen LogP contribution in [0.2, 0.25) is 0 Å². The van der Waals surface area contributed by atoms with Gasteiger partial charge in [0.2, 0.25) is 5.85 Å². The van der Waals surface area contributed by atoms with Gasteiger partial charge in [0.25, 0.3) is 10.0 Å². The van der Waals surface area contributed by atoms with Crippen LogP contribution in [-0.2, 0) is 25.7 Å². The number of rotatable bonds is 7. The van der Waals surface area contributed by atoms with Gasteiger partial charge in [-0.3, -0.25) is 18.7 Å². The number of ether oxygens (including phenoxy) is 1. The molecule has 2 aliphatic heterocycles. The predicted molar refractivity (Wildman–Crippen MR) is 143 cm³/mol. The zero-order chi connectivity index (χ0) is 32.1. The van der Waals surface area contributed by atoms with Gasteiger partial charge in [-0.05, 0) is 41.5 Å². The summed E-state index contributed by atoms with van der Waals surface area (Å²) in [5.74, 6) is -4.11. The fourth-order valence-corrected chi connectivity index (χ4v) is 7.00. The van der Waals surface area contributed by atoms with Crippen LogP contribution in [0.15, 0.2) is 59.7 Å². The second kappa shape index (κ2) is 11.3. The van der Waals surface area contributed by atoms with Crippen molar-refractivity contribution in [2.75, 3.05) is 41.9 Å². The van der Waals surface area contributed by atoms with E-state index in [1.807, 2.05) is 4.90 Å². The number of carbonyl (C=O) groups is 1. The monoisotopic (exact) mass is 650 g/mol. The van der Waals surface area contributed by atoms with E-state index in [9.17, 15) is 43.9 Å². The standard InChI is InChI=1S/C27H25F7N4O5S/c28-25(43-27(32,33)34)7-2-3-17(13-25)18-11-22-24(35-14-18)37-10-9-36(8-6-23(39)40)15-20(37)16-38(22)44(41,42)21-5-1-4-19(12-21)26(29,30)31/h1-5,7,11-12,14,20H,6,8-10,13,15-16H2,(H,39,40)/t20-,25?/m0/s1. The molecule has 44 heavy (non-hydrogen) atoms. The maximum absolute atomic E-state index is 15.0. The number of pyridine rings is 1. The van der Waals surface area contributed by atoms with Crippen molar-refractivity contribution >= 4 is 33.1 Å². The first-order valence-corrected chi connectivity index (χ1v) is 14.6. The lowest BCUT2D eigenvalue weighted by Gasteiger charge is -2.48. The van der Waals surface area contributed by atoms with Gasteiger partial charge in [0, 0.05) is 38.8 Å². The molecule has 0 amide bonds. The van der Waals surface area contributed by atoms with Crippen LogP contribution in [0.3, 0.4) is 0 Å². The van der Waals surface area contributed by atoms with Crippen molar-refractivity contribution in [2.45, 2.75) is 42.2 Å². The van der Waals surface area contributed by atoms with Crippen LogP contribution in [-0.4, -0.2) is 80.4 Å². The highest BCUT2D eigenvalue weighted by molar-refractivity contribution is 7.92. The van der Waals surface area contributed by atoms with Crippen molar-refractivity contribution in [2.24, 2.45) is 0 Å². The number of alkyl halides is 7. The zero-order valence-electron chi connectivity index (χ0n) is 22.6. The number of piperazine rings is 1. The number of nitrogens with zero attached hydrogens (tertiary/aromatic N) is 4. The van der Waals surface area contributed by atoms with Crippen LogP contribution in [0, 0.1) is 0 Å². The van der Waals surface area contributed by atoms with Crippen LogP contribution >= 0.6 is 0 Å².